The molecule has 0 bridgehead atoms. The Balaban J connectivity index is 1.58. The molecule has 180 valence electrons. The summed E-state index contributed by atoms with van der Waals surface area (Å²) in [6.07, 6.45) is 0.804. The SMILES string of the molecule is COc1ccc(-n2nc(C)c(CCC(=O)NCc3ccccc3)c2Oc2cccc(OC)c2)cc1. The van der Waals surface area contributed by atoms with Crippen LogP contribution >= 0.6 is 0 Å². The molecule has 0 spiro atoms. The largest absolute Gasteiger partial charge is 0.497 e. The van der Waals surface area contributed by atoms with Gasteiger partial charge in [0.25, 0.3) is 0 Å². The van der Waals surface area contributed by atoms with Crippen molar-refractivity contribution in [3.8, 4) is 28.8 Å². The zero-order valence-corrected chi connectivity index (χ0v) is 20.2. The second-order valence-corrected chi connectivity index (χ2v) is 8.02. The van der Waals surface area contributed by atoms with Crippen molar-refractivity contribution in [3.05, 3.63) is 95.7 Å². The fourth-order valence-electron chi connectivity index (χ4n) is 3.73. The minimum Gasteiger partial charge on any atom is -0.497 e. The van der Waals surface area contributed by atoms with E-state index < -0.39 is 0 Å². The van der Waals surface area contributed by atoms with Gasteiger partial charge in [-0.15, -0.1) is 0 Å². The zero-order chi connectivity index (χ0) is 24.6. The van der Waals surface area contributed by atoms with Crippen LogP contribution < -0.4 is 19.5 Å². The number of hydrogen-bond donors (Lipinski definition) is 1. The molecule has 0 aliphatic heterocycles. The van der Waals surface area contributed by atoms with E-state index in [0.29, 0.717) is 36.8 Å². The fourth-order valence-corrected chi connectivity index (χ4v) is 3.73. The van der Waals surface area contributed by atoms with Crippen molar-refractivity contribution in [3.63, 3.8) is 0 Å². The average Bonchev–Trinajstić information content (AvgIpc) is 3.21. The highest BCUT2D eigenvalue weighted by Crippen LogP contribution is 2.33. The molecule has 0 unspecified atom stereocenters. The van der Waals surface area contributed by atoms with E-state index in [0.717, 1.165) is 28.3 Å². The quantitative estimate of drug-likeness (QED) is 0.342. The van der Waals surface area contributed by atoms with Crippen molar-refractivity contribution >= 4 is 5.91 Å². The summed E-state index contributed by atoms with van der Waals surface area (Å²) in [6, 6.07) is 24.8. The first-order chi connectivity index (χ1) is 17.1. The van der Waals surface area contributed by atoms with Crippen molar-refractivity contribution < 1.29 is 19.0 Å². The Morgan fingerprint density at radius 3 is 2.31 bits per heavy atom. The second kappa shape index (κ2) is 11.2. The standard InChI is InChI=1S/C28H29N3O4/c1-20-26(16-17-27(32)29-19-21-8-5-4-6-9-21)28(35-25-11-7-10-24(18-25)34-3)31(30-20)22-12-14-23(33-2)15-13-22/h4-15,18H,16-17,19H2,1-3H3,(H,29,32). The number of ether oxygens (including phenoxy) is 3. The Kier molecular flexibility index (Phi) is 7.67. The van der Waals surface area contributed by atoms with E-state index in [1.807, 2.05) is 85.8 Å². The van der Waals surface area contributed by atoms with Crippen LogP contribution in [0.4, 0.5) is 0 Å². The van der Waals surface area contributed by atoms with Crippen LogP contribution in [0.3, 0.4) is 0 Å². The third kappa shape index (κ3) is 6.00. The third-order valence-corrected chi connectivity index (χ3v) is 5.64. The number of methoxy groups -OCH3 is 2. The molecule has 3 aromatic carbocycles. The van der Waals surface area contributed by atoms with E-state index >= 15 is 0 Å². The lowest BCUT2D eigenvalue weighted by molar-refractivity contribution is -0.121. The van der Waals surface area contributed by atoms with Crippen LogP contribution in [0.2, 0.25) is 0 Å². The molecule has 4 aromatic rings. The summed E-state index contributed by atoms with van der Waals surface area (Å²) in [6.45, 7) is 2.42. The number of benzene rings is 3. The summed E-state index contributed by atoms with van der Waals surface area (Å²) in [4.78, 5) is 12.6. The summed E-state index contributed by atoms with van der Waals surface area (Å²) in [5, 5.41) is 7.72. The van der Waals surface area contributed by atoms with Gasteiger partial charge in [-0.2, -0.15) is 5.10 Å². The average molecular weight is 472 g/mol. The predicted molar refractivity (Wildman–Crippen MR) is 135 cm³/mol. The van der Waals surface area contributed by atoms with Gasteiger partial charge in [0.2, 0.25) is 11.8 Å². The molecule has 1 heterocycles. The molecule has 35 heavy (non-hydrogen) atoms. The molecule has 7 nitrogen and oxygen atoms in total. The van der Waals surface area contributed by atoms with Crippen molar-refractivity contribution in [1.82, 2.24) is 15.1 Å². The predicted octanol–water partition coefficient (Wildman–Crippen LogP) is 5.24. The van der Waals surface area contributed by atoms with Gasteiger partial charge in [-0.25, -0.2) is 4.68 Å². The maximum absolute atomic E-state index is 12.6. The van der Waals surface area contributed by atoms with Gasteiger partial charge in [-0.3, -0.25) is 4.79 Å². The van der Waals surface area contributed by atoms with Crippen molar-refractivity contribution in [1.29, 1.82) is 0 Å². The van der Waals surface area contributed by atoms with Gasteiger partial charge >= 0.3 is 0 Å². The van der Waals surface area contributed by atoms with E-state index in [9.17, 15) is 4.79 Å². The Morgan fingerprint density at radius 2 is 1.60 bits per heavy atom. The van der Waals surface area contributed by atoms with Crippen LogP contribution in [0.1, 0.15) is 23.2 Å². The summed E-state index contributed by atoms with van der Waals surface area (Å²) >= 11 is 0. The smallest absolute Gasteiger partial charge is 0.226 e. The van der Waals surface area contributed by atoms with Gasteiger partial charge in [-0.05, 0) is 55.3 Å². The number of aryl methyl sites for hydroxylation is 1. The molecule has 1 N–H and O–H groups in total. The maximum atomic E-state index is 12.6. The number of nitrogens with zero attached hydrogens (tertiary/aromatic N) is 2. The lowest BCUT2D eigenvalue weighted by Gasteiger charge is -2.13. The Hall–Kier alpha value is -4.26. The van der Waals surface area contributed by atoms with Crippen LogP contribution in [-0.4, -0.2) is 29.9 Å². The van der Waals surface area contributed by atoms with Crippen LogP contribution in [0.5, 0.6) is 23.1 Å². The fraction of sp³-hybridized carbons (Fsp3) is 0.214. The molecule has 0 saturated heterocycles. The molecule has 0 saturated carbocycles. The monoisotopic (exact) mass is 471 g/mol. The minimum absolute atomic E-state index is 0.0298. The number of aromatic nitrogens is 2. The highest BCUT2D eigenvalue weighted by atomic mass is 16.5. The summed E-state index contributed by atoms with van der Waals surface area (Å²) < 4.78 is 18.7. The molecule has 1 amide bonds. The molecule has 0 radical (unpaired) electrons. The number of rotatable bonds is 10. The third-order valence-electron chi connectivity index (χ3n) is 5.64. The summed E-state index contributed by atoms with van der Waals surface area (Å²) in [5.74, 6) is 2.60. The van der Waals surface area contributed by atoms with E-state index in [1.165, 1.54) is 0 Å². The van der Waals surface area contributed by atoms with Crippen molar-refractivity contribution in [2.75, 3.05) is 14.2 Å². The van der Waals surface area contributed by atoms with Crippen LogP contribution in [0, 0.1) is 6.92 Å². The summed E-state index contributed by atoms with van der Waals surface area (Å²) in [7, 11) is 3.25. The van der Waals surface area contributed by atoms with Crippen LogP contribution in [0.15, 0.2) is 78.9 Å². The van der Waals surface area contributed by atoms with E-state index in [1.54, 1.807) is 18.9 Å². The molecule has 7 heteroatoms. The highest BCUT2D eigenvalue weighted by molar-refractivity contribution is 5.76. The Bertz CT molecular complexity index is 1270. The molecule has 0 aliphatic rings. The van der Waals surface area contributed by atoms with Gasteiger partial charge in [0.15, 0.2) is 0 Å². The maximum Gasteiger partial charge on any atom is 0.226 e. The van der Waals surface area contributed by atoms with Crippen molar-refractivity contribution in [2.45, 2.75) is 26.3 Å². The summed E-state index contributed by atoms with van der Waals surface area (Å²) in [5.41, 5.74) is 3.56. The molecule has 0 fully saturated rings. The molecular weight excluding hydrogens is 442 g/mol. The first kappa shape index (κ1) is 23.9. The first-order valence-electron chi connectivity index (χ1n) is 11.4. The van der Waals surface area contributed by atoms with Crippen LogP contribution in [-0.2, 0) is 17.8 Å². The lowest BCUT2D eigenvalue weighted by atomic mass is 10.1. The molecule has 0 atom stereocenters. The molecule has 0 aliphatic carbocycles. The topological polar surface area (TPSA) is 74.6 Å². The number of nitrogens with one attached hydrogen (secondary N) is 1. The van der Waals surface area contributed by atoms with Gasteiger partial charge in [0.1, 0.15) is 17.2 Å². The highest BCUT2D eigenvalue weighted by Gasteiger charge is 2.20. The van der Waals surface area contributed by atoms with E-state index in [4.69, 9.17) is 19.3 Å². The number of amides is 1. The van der Waals surface area contributed by atoms with Gasteiger partial charge in [0.05, 0.1) is 25.6 Å². The normalized spacial score (nSPS) is 10.6. The molecular formula is C28H29N3O4. The minimum atomic E-state index is -0.0298. The first-order valence-corrected chi connectivity index (χ1v) is 11.4. The van der Waals surface area contributed by atoms with Crippen molar-refractivity contribution in [2.24, 2.45) is 0 Å². The molecule has 1 aromatic heterocycles. The van der Waals surface area contributed by atoms with E-state index in [-0.39, 0.29) is 5.91 Å². The van der Waals surface area contributed by atoms with Crippen LogP contribution in [0.25, 0.3) is 5.69 Å². The number of hydrogen-bond acceptors (Lipinski definition) is 5. The van der Waals surface area contributed by atoms with Gasteiger partial charge < -0.3 is 19.5 Å². The zero-order valence-electron chi connectivity index (χ0n) is 20.2. The second-order valence-electron chi connectivity index (χ2n) is 8.02. The number of carbonyl (C=O) groups is 1. The van der Waals surface area contributed by atoms with E-state index in [2.05, 4.69) is 5.32 Å². The lowest BCUT2D eigenvalue weighted by Crippen LogP contribution is -2.23. The molecule has 4 rings (SSSR count). The Labute approximate surface area is 205 Å². The Morgan fingerprint density at radius 1 is 0.886 bits per heavy atom. The van der Waals surface area contributed by atoms with Gasteiger partial charge in [0, 0.05) is 24.6 Å². The van der Waals surface area contributed by atoms with Gasteiger partial charge in [-0.1, -0.05) is 36.4 Å². The number of carbonyl (C=O) groups excluding carboxylic acids is 1.